The van der Waals surface area contributed by atoms with Gasteiger partial charge in [-0.2, -0.15) is 0 Å². The minimum Gasteiger partial charge on any atom is -0.496 e. The summed E-state index contributed by atoms with van der Waals surface area (Å²) in [6, 6.07) is 4.75. The number of hydrogen-bond donors (Lipinski definition) is 1. The van der Waals surface area contributed by atoms with Crippen molar-refractivity contribution in [3.8, 4) is 5.75 Å². The average Bonchev–Trinajstić information content (AvgIpc) is 2.15. The first kappa shape index (κ1) is 11.0. The van der Waals surface area contributed by atoms with E-state index < -0.39 is 0 Å². The van der Waals surface area contributed by atoms with Gasteiger partial charge in [0, 0.05) is 12.1 Å². The second-order valence-electron chi connectivity index (χ2n) is 3.47. The smallest absolute Gasteiger partial charge is 0.126 e. The van der Waals surface area contributed by atoms with Gasteiger partial charge in [0.25, 0.3) is 0 Å². The number of benzene rings is 1. The molecule has 0 amide bonds. The maximum Gasteiger partial charge on any atom is 0.126 e. The van der Waals surface area contributed by atoms with Gasteiger partial charge in [0.15, 0.2) is 0 Å². The molecule has 2 N–H and O–H groups in total. The molecule has 1 rings (SSSR count). The number of hydrogen-bond acceptors (Lipinski definition) is 2. The summed E-state index contributed by atoms with van der Waals surface area (Å²) in [5.41, 5.74) is 6.65. The van der Waals surface area contributed by atoms with E-state index >= 15 is 0 Å². The van der Waals surface area contributed by atoms with E-state index in [4.69, 9.17) is 10.5 Å². The zero-order chi connectivity index (χ0) is 10.6. The molecule has 1 aromatic rings. The summed E-state index contributed by atoms with van der Waals surface area (Å²) in [6.45, 7) is 1.95. The normalized spacial score (nSPS) is 12.6. The number of ether oxygens (including phenoxy) is 1. The third kappa shape index (κ3) is 3.00. The van der Waals surface area contributed by atoms with E-state index in [0.29, 0.717) is 5.75 Å². The monoisotopic (exact) mass is 197 g/mol. The van der Waals surface area contributed by atoms with Crippen molar-refractivity contribution < 1.29 is 9.13 Å². The summed E-state index contributed by atoms with van der Waals surface area (Å²) in [5.74, 6) is 0.331. The van der Waals surface area contributed by atoms with Crippen molar-refractivity contribution >= 4 is 0 Å². The van der Waals surface area contributed by atoms with Gasteiger partial charge in [-0.15, -0.1) is 0 Å². The first-order valence-corrected chi connectivity index (χ1v) is 4.71. The number of halogens is 1. The summed E-state index contributed by atoms with van der Waals surface area (Å²) in [5, 5.41) is 0. The molecule has 0 fully saturated rings. The maximum absolute atomic E-state index is 12.8. The molecule has 2 nitrogen and oxygen atoms in total. The van der Waals surface area contributed by atoms with Crippen LogP contribution in [0.1, 0.15) is 18.9 Å². The molecule has 1 atom stereocenters. The fourth-order valence-electron chi connectivity index (χ4n) is 1.31. The summed E-state index contributed by atoms with van der Waals surface area (Å²) < 4.78 is 17.9. The third-order valence-electron chi connectivity index (χ3n) is 2.12. The molecule has 0 saturated heterocycles. The summed E-state index contributed by atoms with van der Waals surface area (Å²) >= 11 is 0. The molecule has 1 unspecified atom stereocenters. The quantitative estimate of drug-likeness (QED) is 0.802. The molecule has 0 aliphatic carbocycles. The van der Waals surface area contributed by atoms with E-state index in [0.717, 1.165) is 18.4 Å². The van der Waals surface area contributed by atoms with E-state index in [9.17, 15) is 4.39 Å². The predicted molar refractivity (Wildman–Crippen MR) is 54.9 cm³/mol. The van der Waals surface area contributed by atoms with Crippen LogP contribution in [-0.4, -0.2) is 13.2 Å². The lowest BCUT2D eigenvalue weighted by molar-refractivity contribution is 0.405. The lowest BCUT2D eigenvalue weighted by Gasteiger charge is -2.09. The number of aryl methyl sites for hydroxylation is 1. The van der Waals surface area contributed by atoms with Crippen LogP contribution in [0.5, 0.6) is 5.75 Å². The van der Waals surface area contributed by atoms with Gasteiger partial charge in [0.1, 0.15) is 11.6 Å². The second kappa shape index (κ2) is 4.96. The molecule has 0 spiro atoms. The largest absolute Gasteiger partial charge is 0.496 e. The minimum atomic E-state index is -0.272. The van der Waals surface area contributed by atoms with Crippen LogP contribution >= 0.6 is 0 Å². The lowest BCUT2D eigenvalue weighted by Crippen LogP contribution is -2.15. The Morgan fingerprint density at radius 2 is 2.21 bits per heavy atom. The van der Waals surface area contributed by atoms with Crippen LogP contribution in [0, 0.1) is 5.82 Å². The van der Waals surface area contributed by atoms with E-state index in [2.05, 4.69) is 0 Å². The van der Waals surface area contributed by atoms with Crippen LogP contribution < -0.4 is 10.5 Å². The molecule has 0 saturated carbocycles. The Hall–Kier alpha value is -1.09. The standard InChI is InChI=1S/C11H16FNO/c1-8(13)3-4-9-5-6-10(12)7-11(9)14-2/h5-8H,3-4,13H2,1-2H3. The van der Waals surface area contributed by atoms with Crippen molar-refractivity contribution in [1.29, 1.82) is 0 Å². The molecule has 0 heterocycles. The highest BCUT2D eigenvalue weighted by atomic mass is 19.1. The molecular formula is C11H16FNO. The molecule has 3 heteroatoms. The average molecular weight is 197 g/mol. The van der Waals surface area contributed by atoms with E-state index in [1.807, 2.05) is 6.92 Å². The van der Waals surface area contributed by atoms with Crippen LogP contribution in [0.25, 0.3) is 0 Å². The Morgan fingerprint density at radius 3 is 2.79 bits per heavy atom. The number of rotatable bonds is 4. The first-order chi connectivity index (χ1) is 6.63. The zero-order valence-electron chi connectivity index (χ0n) is 8.59. The lowest BCUT2D eigenvalue weighted by atomic mass is 10.1. The molecule has 0 bridgehead atoms. The molecule has 1 aromatic carbocycles. The summed E-state index contributed by atoms with van der Waals surface area (Å²) in [7, 11) is 1.55. The molecular weight excluding hydrogens is 181 g/mol. The molecule has 0 aromatic heterocycles. The predicted octanol–water partition coefficient (Wildman–Crippen LogP) is 2.11. The van der Waals surface area contributed by atoms with Gasteiger partial charge in [0.05, 0.1) is 7.11 Å². The molecule has 0 aliphatic heterocycles. The fraction of sp³-hybridized carbons (Fsp3) is 0.455. The van der Waals surface area contributed by atoms with Crippen LogP contribution in [0.2, 0.25) is 0 Å². The van der Waals surface area contributed by atoms with Gasteiger partial charge in [0.2, 0.25) is 0 Å². The van der Waals surface area contributed by atoms with Crippen LogP contribution in [0.4, 0.5) is 4.39 Å². The molecule has 14 heavy (non-hydrogen) atoms. The third-order valence-corrected chi connectivity index (χ3v) is 2.12. The van der Waals surface area contributed by atoms with Crippen molar-refractivity contribution in [2.24, 2.45) is 5.73 Å². The van der Waals surface area contributed by atoms with Crippen molar-refractivity contribution in [3.63, 3.8) is 0 Å². The van der Waals surface area contributed by atoms with Crippen molar-refractivity contribution in [2.45, 2.75) is 25.8 Å². The molecule has 78 valence electrons. The highest BCUT2D eigenvalue weighted by molar-refractivity contribution is 5.34. The zero-order valence-corrected chi connectivity index (χ0v) is 8.59. The highest BCUT2D eigenvalue weighted by Gasteiger charge is 2.05. The molecule has 0 radical (unpaired) electrons. The van der Waals surface area contributed by atoms with Crippen LogP contribution in [0.3, 0.4) is 0 Å². The van der Waals surface area contributed by atoms with E-state index in [1.165, 1.54) is 12.1 Å². The summed E-state index contributed by atoms with van der Waals surface area (Å²) in [6.07, 6.45) is 1.70. The highest BCUT2D eigenvalue weighted by Crippen LogP contribution is 2.21. The van der Waals surface area contributed by atoms with Crippen LogP contribution in [0.15, 0.2) is 18.2 Å². The Morgan fingerprint density at radius 1 is 1.50 bits per heavy atom. The van der Waals surface area contributed by atoms with Gasteiger partial charge in [-0.25, -0.2) is 4.39 Å². The van der Waals surface area contributed by atoms with Crippen molar-refractivity contribution in [1.82, 2.24) is 0 Å². The SMILES string of the molecule is COc1cc(F)ccc1CCC(C)N. The Balaban J connectivity index is 2.75. The topological polar surface area (TPSA) is 35.2 Å². The molecule has 0 aliphatic rings. The summed E-state index contributed by atoms with van der Waals surface area (Å²) in [4.78, 5) is 0. The number of methoxy groups -OCH3 is 1. The van der Waals surface area contributed by atoms with E-state index in [1.54, 1.807) is 13.2 Å². The van der Waals surface area contributed by atoms with Gasteiger partial charge in [-0.05, 0) is 31.4 Å². The van der Waals surface area contributed by atoms with Gasteiger partial charge in [-0.3, -0.25) is 0 Å². The van der Waals surface area contributed by atoms with Crippen molar-refractivity contribution in [3.05, 3.63) is 29.6 Å². The Bertz CT molecular complexity index is 299. The van der Waals surface area contributed by atoms with Crippen molar-refractivity contribution in [2.75, 3.05) is 7.11 Å². The maximum atomic E-state index is 12.8. The Kier molecular flexibility index (Phi) is 3.89. The van der Waals surface area contributed by atoms with Gasteiger partial charge in [-0.1, -0.05) is 6.07 Å². The van der Waals surface area contributed by atoms with Gasteiger partial charge >= 0.3 is 0 Å². The second-order valence-corrected chi connectivity index (χ2v) is 3.47. The fourth-order valence-corrected chi connectivity index (χ4v) is 1.31. The van der Waals surface area contributed by atoms with Crippen LogP contribution in [-0.2, 0) is 6.42 Å². The minimum absolute atomic E-state index is 0.157. The van der Waals surface area contributed by atoms with Gasteiger partial charge < -0.3 is 10.5 Å². The Labute approximate surface area is 83.9 Å². The number of nitrogens with two attached hydrogens (primary N) is 1. The first-order valence-electron chi connectivity index (χ1n) is 4.71. The van der Waals surface area contributed by atoms with E-state index in [-0.39, 0.29) is 11.9 Å².